The predicted octanol–water partition coefficient (Wildman–Crippen LogP) is 3.10. The normalized spacial score (nSPS) is 34.6. The van der Waals surface area contributed by atoms with Crippen molar-refractivity contribution in [1.82, 2.24) is 9.88 Å². The molecule has 196 valence electrons. The summed E-state index contributed by atoms with van der Waals surface area (Å²) in [6.45, 7) is 0.933. The highest BCUT2D eigenvalue weighted by molar-refractivity contribution is 9.10. The zero-order valence-corrected chi connectivity index (χ0v) is 22.2. The third-order valence-electron chi connectivity index (χ3n) is 8.67. The van der Waals surface area contributed by atoms with Gasteiger partial charge in [-0.1, -0.05) is 58.4 Å². The van der Waals surface area contributed by atoms with Gasteiger partial charge in [-0.05, 0) is 23.3 Å². The number of amides is 1. The van der Waals surface area contributed by atoms with Crippen molar-refractivity contribution in [3.63, 3.8) is 0 Å². The van der Waals surface area contributed by atoms with Gasteiger partial charge in [0, 0.05) is 29.9 Å². The van der Waals surface area contributed by atoms with Crippen molar-refractivity contribution >= 4 is 21.8 Å². The van der Waals surface area contributed by atoms with Crippen LogP contribution < -0.4 is 9.47 Å². The highest BCUT2D eigenvalue weighted by Crippen LogP contribution is 2.69. The van der Waals surface area contributed by atoms with Gasteiger partial charge in [0.15, 0.2) is 11.2 Å². The molecule has 1 aliphatic carbocycles. The Morgan fingerprint density at radius 2 is 1.79 bits per heavy atom. The topological polar surface area (TPSA) is 101 Å². The first-order valence-electron chi connectivity index (χ1n) is 12.8. The lowest BCUT2D eigenvalue weighted by molar-refractivity contribution is -0.193. The molecule has 1 amide bonds. The molecule has 2 N–H and O–H groups in total. The summed E-state index contributed by atoms with van der Waals surface area (Å²) in [7, 11) is 1.49. The number of aliphatic hydroxyl groups excluding tert-OH is 1. The van der Waals surface area contributed by atoms with Crippen LogP contribution in [-0.2, 0) is 20.7 Å². The molecule has 9 heteroatoms. The molecule has 1 aromatic heterocycles. The maximum absolute atomic E-state index is 14.3. The van der Waals surface area contributed by atoms with Crippen LogP contribution >= 0.6 is 15.9 Å². The predicted molar refractivity (Wildman–Crippen MR) is 140 cm³/mol. The monoisotopic (exact) mass is 578 g/mol. The van der Waals surface area contributed by atoms with Crippen molar-refractivity contribution in [2.45, 2.75) is 41.9 Å². The number of carbonyl (C=O) groups excluding carboxylic acids is 1. The fourth-order valence-corrected chi connectivity index (χ4v) is 7.38. The number of carbonyl (C=O) groups is 1. The lowest BCUT2D eigenvalue weighted by atomic mass is 9.70. The second kappa shape index (κ2) is 8.51. The average molecular weight is 579 g/mol. The van der Waals surface area contributed by atoms with Crippen molar-refractivity contribution in [2.24, 2.45) is 5.92 Å². The Morgan fingerprint density at radius 1 is 1.11 bits per heavy atom. The molecule has 1 unspecified atom stereocenters. The van der Waals surface area contributed by atoms with Crippen LogP contribution in [-0.4, -0.2) is 64.5 Å². The molecular formula is C29H27BrN2O6. The van der Waals surface area contributed by atoms with Gasteiger partial charge in [-0.15, -0.1) is 0 Å². The number of nitrogens with zero attached hydrogens (tertiary/aromatic N) is 2. The van der Waals surface area contributed by atoms with Crippen LogP contribution in [0.1, 0.15) is 29.0 Å². The van der Waals surface area contributed by atoms with E-state index in [4.69, 9.17) is 14.2 Å². The summed E-state index contributed by atoms with van der Waals surface area (Å²) in [5.41, 5.74) is -1.84. The fourth-order valence-electron chi connectivity index (χ4n) is 7.11. The smallest absolute Gasteiger partial charge is 0.229 e. The minimum Gasteiger partial charge on any atom is -0.495 e. The van der Waals surface area contributed by atoms with Crippen molar-refractivity contribution in [1.29, 1.82) is 0 Å². The van der Waals surface area contributed by atoms with Gasteiger partial charge in [-0.3, -0.25) is 9.78 Å². The number of ether oxygens (including phenoxy) is 3. The summed E-state index contributed by atoms with van der Waals surface area (Å²) in [4.78, 5) is 20.3. The number of halogens is 1. The Balaban J connectivity index is 1.49. The summed E-state index contributed by atoms with van der Waals surface area (Å²) in [6, 6.07) is 17.0. The molecule has 3 aromatic rings. The van der Waals surface area contributed by atoms with E-state index in [1.165, 1.54) is 19.5 Å². The number of pyridine rings is 1. The Labute approximate surface area is 228 Å². The molecule has 8 nitrogen and oxygen atoms in total. The van der Waals surface area contributed by atoms with E-state index in [2.05, 4.69) is 20.9 Å². The van der Waals surface area contributed by atoms with Gasteiger partial charge in [-0.25, -0.2) is 0 Å². The van der Waals surface area contributed by atoms with Gasteiger partial charge in [0.05, 0.1) is 43.2 Å². The minimum absolute atomic E-state index is 0.0117. The molecule has 3 saturated heterocycles. The van der Waals surface area contributed by atoms with E-state index in [1.54, 1.807) is 4.90 Å². The van der Waals surface area contributed by atoms with E-state index < -0.39 is 29.1 Å². The summed E-state index contributed by atoms with van der Waals surface area (Å²) >= 11 is 3.50. The fraction of sp³-hybridized carbons (Fsp3) is 0.379. The van der Waals surface area contributed by atoms with Crippen LogP contribution in [0.4, 0.5) is 0 Å². The second-order valence-electron chi connectivity index (χ2n) is 10.5. The third-order valence-corrected chi connectivity index (χ3v) is 9.20. The van der Waals surface area contributed by atoms with Gasteiger partial charge >= 0.3 is 0 Å². The number of methoxy groups -OCH3 is 1. The SMILES string of the molecule is COc1cncc2c1[C@]1(O)[C@H](O)[C@H](C(=O)N3CC4C[C@H](C3)O4)[C@@H](c3ccccc3)[C@]1(c1ccc(Br)cc1)O2. The molecule has 8 rings (SSSR count). The summed E-state index contributed by atoms with van der Waals surface area (Å²) in [5, 5.41) is 25.0. The first kappa shape index (κ1) is 24.1. The van der Waals surface area contributed by atoms with Crippen molar-refractivity contribution in [2.75, 3.05) is 20.2 Å². The molecule has 1 saturated carbocycles. The zero-order valence-electron chi connectivity index (χ0n) is 20.7. The van der Waals surface area contributed by atoms with Crippen molar-refractivity contribution in [3.05, 3.63) is 88.2 Å². The van der Waals surface area contributed by atoms with Gasteiger partial charge in [-0.2, -0.15) is 0 Å². The van der Waals surface area contributed by atoms with Crippen LogP contribution in [0.5, 0.6) is 11.5 Å². The van der Waals surface area contributed by atoms with Crippen LogP contribution in [0.3, 0.4) is 0 Å². The Bertz CT molecular complexity index is 1390. The number of morpholine rings is 1. The molecule has 5 heterocycles. The van der Waals surface area contributed by atoms with E-state index in [1.807, 2.05) is 54.6 Å². The number of benzene rings is 2. The molecule has 4 fully saturated rings. The first-order valence-corrected chi connectivity index (χ1v) is 13.5. The van der Waals surface area contributed by atoms with Crippen molar-refractivity contribution in [3.8, 4) is 11.5 Å². The van der Waals surface area contributed by atoms with E-state index in [-0.39, 0.29) is 23.9 Å². The molecule has 0 radical (unpaired) electrons. The number of aromatic nitrogens is 1. The molecule has 0 spiro atoms. The second-order valence-corrected chi connectivity index (χ2v) is 11.5. The van der Waals surface area contributed by atoms with Crippen LogP contribution in [0, 0.1) is 5.92 Å². The molecule has 2 aromatic carbocycles. The van der Waals surface area contributed by atoms with E-state index >= 15 is 0 Å². The van der Waals surface area contributed by atoms with Crippen LogP contribution in [0.25, 0.3) is 0 Å². The van der Waals surface area contributed by atoms with Gasteiger partial charge < -0.3 is 29.3 Å². The van der Waals surface area contributed by atoms with Gasteiger partial charge in [0.1, 0.15) is 17.6 Å². The molecular weight excluding hydrogens is 552 g/mol. The highest BCUT2D eigenvalue weighted by Gasteiger charge is 2.78. The lowest BCUT2D eigenvalue weighted by Crippen LogP contribution is -2.60. The van der Waals surface area contributed by atoms with Crippen LogP contribution in [0.2, 0.25) is 0 Å². The van der Waals surface area contributed by atoms with E-state index in [9.17, 15) is 15.0 Å². The summed E-state index contributed by atoms with van der Waals surface area (Å²) < 4.78 is 19.0. The number of hydrogen-bond donors (Lipinski definition) is 2. The largest absolute Gasteiger partial charge is 0.495 e. The Morgan fingerprint density at radius 3 is 2.45 bits per heavy atom. The lowest BCUT2D eigenvalue weighted by Gasteiger charge is -2.48. The molecule has 38 heavy (non-hydrogen) atoms. The Hall–Kier alpha value is -2.98. The summed E-state index contributed by atoms with van der Waals surface area (Å²) in [5.74, 6) is -1.34. The van der Waals surface area contributed by atoms with Gasteiger partial charge in [0.25, 0.3) is 0 Å². The minimum atomic E-state index is -2.01. The maximum atomic E-state index is 14.3. The highest BCUT2D eigenvalue weighted by atomic mass is 79.9. The quantitative estimate of drug-likeness (QED) is 0.490. The van der Waals surface area contributed by atoms with E-state index in [0.29, 0.717) is 30.0 Å². The Kier molecular flexibility index (Phi) is 5.39. The molecule has 4 aliphatic heterocycles. The third kappa shape index (κ3) is 3.07. The molecule has 7 atom stereocenters. The average Bonchev–Trinajstić information content (AvgIpc) is 3.31. The van der Waals surface area contributed by atoms with E-state index in [0.717, 1.165) is 16.5 Å². The van der Waals surface area contributed by atoms with Crippen molar-refractivity contribution < 1.29 is 29.2 Å². The number of hydrogen-bond acceptors (Lipinski definition) is 7. The van der Waals surface area contributed by atoms with Gasteiger partial charge in [0.2, 0.25) is 5.91 Å². The van der Waals surface area contributed by atoms with Crippen LogP contribution in [0.15, 0.2) is 71.5 Å². The number of fused-ring (bicyclic) bond motifs is 5. The standard InChI is InChI=1S/C29H27BrN2O6/c1-36-21-12-31-13-22-25(21)28(35)26(33)23(27(34)32-14-19-11-20(15-32)37-19)24(16-5-3-2-4-6-16)29(28,38-22)17-7-9-18(30)10-8-17/h2-10,12-13,19-20,23-24,26,33,35H,11,14-15H2,1H3/t19-,20?,23-,24-,26-,28+,29+/m1/s1. The first-order chi connectivity index (χ1) is 18.4. The maximum Gasteiger partial charge on any atom is 0.229 e. The number of aliphatic hydroxyl groups is 2. The number of rotatable bonds is 4. The summed E-state index contributed by atoms with van der Waals surface area (Å²) in [6.07, 6.45) is 2.48. The molecule has 2 bridgehead atoms. The number of piperidine rings is 1. The molecule has 5 aliphatic rings. The zero-order chi connectivity index (χ0) is 26.2.